The molecule has 192 valence electrons. The van der Waals surface area contributed by atoms with Gasteiger partial charge in [-0.05, 0) is 56.1 Å². The minimum absolute atomic E-state index is 0.0225. The summed E-state index contributed by atoms with van der Waals surface area (Å²) in [6.07, 6.45) is 8.59. The third-order valence-electron chi connectivity index (χ3n) is 6.94. The second-order valence-corrected chi connectivity index (χ2v) is 9.88. The average molecular weight is 486 g/mol. The molecule has 1 aromatic carbocycles. The van der Waals surface area contributed by atoms with Gasteiger partial charge in [0.25, 0.3) is 5.91 Å². The molecule has 1 fully saturated rings. The number of aromatic nitrogens is 1. The van der Waals surface area contributed by atoms with Crippen molar-refractivity contribution in [1.29, 1.82) is 0 Å². The summed E-state index contributed by atoms with van der Waals surface area (Å²) in [5, 5.41) is 30.3. The minimum atomic E-state index is -0.472. The van der Waals surface area contributed by atoms with E-state index in [-0.39, 0.29) is 51.9 Å². The van der Waals surface area contributed by atoms with E-state index in [2.05, 4.69) is 22.7 Å². The molecule has 8 heteroatoms. The predicted octanol–water partition coefficient (Wildman–Crippen LogP) is 5.95. The van der Waals surface area contributed by atoms with E-state index < -0.39 is 5.91 Å². The lowest BCUT2D eigenvalue weighted by Crippen LogP contribution is -2.29. The van der Waals surface area contributed by atoms with Crippen molar-refractivity contribution in [2.24, 2.45) is 11.8 Å². The smallest absolute Gasteiger partial charge is 0.275 e. The number of amides is 2. The Bertz CT molecular complexity index is 1020. The highest BCUT2D eigenvalue weighted by atomic mass is 16.5. The van der Waals surface area contributed by atoms with Gasteiger partial charge in [-0.3, -0.25) is 9.59 Å². The van der Waals surface area contributed by atoms with Crippen molar-refractivity contribution in [3.05, 3.63) is 23.4 Å². The number of nitrogens with one attached hydrogen (secondary N) is 2. The molecule has 35 heavy (non-hydrogen) atoms. The van der Waals surface area contributed by atoms with Crippen LogP contribution in [0.5, 0.6) is 11.5 Å². The fourth-order valence-corrected chi connectivity index (χ4v) is 4.85. The third kappa shape index (κ3) is 6.35. The summed E-state index contributed by atoms with van der Waals surface area (Å²) in [5.41, 5.74) is 0.959. The Morgan fingerprint density at radius 1 is 1.09 bits per heavy atom. The van der Waals surface area contributed by atoms with Gasteiger partial charge in [0.1, 0.15) is 17.2 Å². The summed E-state index contributed by atoms with van der Waals surface area (Å²) < 4.78 is 5.50. The summed E-state index contributed by atoms with van der Waals surface area (Å²) in [6, 6.07) is 2.85. The maximum Gasteiger partial charge on any atom is 0.275 e. The van der Waals surface area contributed by atoms with Crippen LogP contribution < -0.4 is 10.6 Å². The van der Waals surface area contributed by atoms with Crippen LogP contribution in [0, 0.1) is 11.8 Å². The number of anilines is 1. The summed E-state index contributed by atoms with van der Waals surface area (Å²) in [7, 11) is 0. The number of carbonyl (C=O) groups excluding carboxylic acids is 2. The molecule has 2 aromatic rings. The largest absolute Gasteiger partial charge is 0.508 e. The van der Waals surface area contributed by atoms with Gasteiger partial charge in [0.2, 0.25) is 5.91 Å². The molecule has 0 atom stereocenters. The number of unbranched alkanes of at least 4 members (excludes halogenated alkanes) is 2. The van der Waals surface area contributed by atoms with Crippen LogP contribution in [-0.2, 0) is 4.79 Å². The second-order valence-electron chi connectivity index (χ2n) is 9.88. The van der Waals surface area contributed by atoms with Crippen LogP contribution >= 0.6 is 0 Å². The van der Waals surface area contributed by atoms with E-state index in [0.717, 1.165) is 25.7 Å². The standard InChI is InChI=1S/C27H39N3O5/c1-5-7-8-9-17-10-12-18(13-11-17)26(33)29-23-24(27(34)28-6-2)30-35-25(23)20-14-19(16(3)4)21(31)15-22(20)32/h14-18,31-32H,5-13H2,1-4H3,(H,28,34)(H,29,33)/t17-,18-. The van der Waals surface area contributed by atoms with E-state index >= 15 is 0 Å². The van der Waals surface area contributed by atoms with Crippen molar-refractivity contribution < 1.29 is 24.3 Å². The number of phenols is 2. The number of nitrogens with zero attached hydrogens (tertiary/aromatic N) is 1. The first-order valence-corrected chi connectivity index (χ1v) is 12.9. The highest BCUT2D eigenvalue weighted by molar-refractivity contribution is 6.06. The number of hydrogen-bond donors (Lipinski definition) is 4. The van der Waals surface area contributed by atoms with Gasteiger partial charge in [0.15, 0.2) is 11.5 Å². The molecule has 4 N–H and O–H groups in total. The molecule has 1 heterocycles. The molecule has 0 unspecified atom stereocenters. The van der Waals surface area contributed by atoms with Crippen molar-refractivity contribution in [2.45, 2.75) is 85.0 Å². The van der Waals surface area contributed by atoms with Crippen LogP contribution in [0.15, 0.2) is 16.7 Å². The van der Waals surface area contributed by atoms with Gasteiger partial charge >= 0.3 is 0 Å². The van der Waals surface area contributed by atoms with Crippen molar-refractivity contribution in [2.75, 3.05) is 11.9 Å². The minimum Gasteiger partial charge on any atom is -0.508 e. The van der Waals surface area contributed by atoms with Crippen LogP contribution in [0.1, 0.15) is 101 Å². The van der Waals surface area contributed by atoms with Crippen LogP contribution in [0.4, 0.5) is 5.69 Å². The van der Waals surface area contributed by atoms with Gasteiger partial charge in [-0.25, -0.2) is 0 Å². The lowest BCUT2D eigenvalue weighted by atomic mass is 9.79. The maximum absolute atomic E-state index is 13.2. The molecule has 0 radical (unpaired) electrons. The van der Waals surface area contributed by atoms with Crippen molar-refractivity contribution in [1.82, 2.24) is 10.5 Å². The number of phenolic OH excluding ortho intramolecular Hbond substituents is 2. The first-order valence-electron chi connectivity index (χ1n) is 12.9. The van der Waals surface area contributed by atoms with Crippen LogP contribution in [0.3, 0.4) is 0 Å². The number of benzene rings is 1. The molecule has 0 saturated heterocycles. The van der Waals surface area contributed by atoms with E-state index in [4.69, 9.17) is 4.52 Å². The number of carbonyl (C=O) groups is 2. The van der Waals surface area contributed by atoms with Crippen molar-refractivity contribution in [3.8, 4) is 22.8 Å². The highest BCUT2D eigenvalue weighted by Crippen LogP contribution is 2.42. The lowest BCUT2D eigenvalue weighted by Gasteiger charge is -2.27. The summed E-state index contributed by atoms with van der Waals surface area (Å²) >= 11 is 0. The predicted molar refractivity (Wildman–Crippen MR) is 136 cm³/mol. The van der Waals surface area contributed by atoms with E-state index in [0.29, 0.717) is 18.0 Å². The summed E-state index contributed by atoms with van der Waals surface area (Å²) in [4.78, 5) is 25.9. The average Bonchev–Trinajstić information content (AvgIpc) is 3.23. The lowest BCUT2D eigenvalue weighted by molar-refractivity contribution is -0.121. The molecule has 0 aliphatic heterocycles. The molecule has 1 aliphatic carbocycles. The zero-order chi connectivity index (χ0) is 25.5. The first kappa shape index (κ1) is 26.6. The van der Waals surface area contributed by atoms with Gasteiger partial charge in [-0.15, -0.1) is 0 Å². The Kier molecular flexibility index (Phi) is 9.18. The molecular weight excluding hydrogens is 446 g/mol. The number of aromatic hydroxyl groups is 2. The third-order valence-corrected chi connectivity index (χ3v) is 6.94. The van der Waals surface area contributed by atoms with Crippen molar-refractivity contribution in [3.63, 3.8) is 0 Å². The molecule has 2 amide bonds. The Balaban J connectivity index is 1.86. The van der Waals surface area contributed by atoms with Crippen LogP contribution in [-0.4, -0.2) is 33.7 Å². The normalized spacial score (nSPS) is 18.0. The number of hydrogen-bond acceptors (Lipinski definition) is 6. The molecular formula is C27H39N3O5. The summed E-state index contributed by atoms with van der Waals surface area (Å²) in [5.74, 6) is -0.320. The molecule has 3 rings (SSSR count). The highest BCUT2D eigenvalue weighted by Gasteiger charge is 2.31. The zero-order valence-corrected chi connectivity index (χ0v) is 21.3. The van der Waals surface area contributed by atoms with Gasteiger partial charge in [0.05, 0.1) is 5.56 Å². The summed E-state index contributed by atoms with van der Waals surface area (Å²) in [6.45, 7) is 8.21. The second kappa shape index (κ2) is 12.1. The zero-order valence-electron chi connectivity index (χ0n) is 21.3. The quantitative estimate of drug-likeness (QED) is 0.308. The Morgan fingerprint density at radius 2 is 1.80 bits per heavy atom. The van der Waals surface area contributed by atoms with Gasteiger partial charge in [-0.1, -0.05) is 51.6 Å². The monoisotopic (exact) mass is 485 g/mol. The van der Waals surface area contributed by atoms with E-state index in [1.165, 1.54) is 31.7 Å². The molecule has 1 aliphatic rings. The van der Waals surface area contributed by atoms with Gasteiger partial charge in [0, 0.05) is 18.5 Å². The fourth-order valence-electron chi connectivity index (χ4n) is 4.85. The van der Waals surface area contributed by atoms with Crippen LogP contribution in [0.25, 0.3) is 11.3 Å². The molecule has 0 spiro atoms. The van der Waals surface area contributed by atoms with Crippen LogP contribution in [0.2, 0.25) is 0 Å². The maximum atomic E-state index is 13.2. The van der Waals surface area contributed by atoms with Crippen molar-refractivity contribution >= 4 is 17.5 Å². The Morgan fingerprint density at radius 3 is 2.43 bits per heavy atom. The SMILES string of the molecule is CCCCC[C@H]1CC[C@H](C(=O)Nc2c(C(=O)NCC)noc2-c2cc(C(C)C)c(O)cc2O)CC1. The number of rotatable bonds is 10. The van der Waals surface area contributed by atoms with E-state index in [1.807, 2.05) is 13.8 Å². The molecule has 0 bridgehead atoms. The Hall–Kier alpha value is -3.03. The van der Waals surface area contributed by atoms with Gasteiger partial charge < -0.3 is 25.4 Å². The van der Waals surface area contributed by atoms with E-state index in [1.54, 1.807) is 13.0 Å². The molecule has 1 aromatic heterocycles. The fraction of sp³-hybridized carbons (Fsp3) is 0.593. The Labute approximate surface area is 207 Å². The van der Waals surface area contributed by atoms with E-state index in [9.17, 15) is 19.8 Å². The van der Waals surface area contributed by atoms with Gasteiger partial charge in [-0.2, -0.15) is 0 Å². The topological polar surface area (TPSA) is 125 Å². The molecule has 8 nitrogen and oxygen atoms in total. The first-order chi connectivity index (χ1) is 16.8. The molecule has 1 saturated carbocycles.